The molecule has 0 aliphatic rings. The van der Waals surface area contributed by atoms with Crippen molar-refractivity contribution in [2.45, 2.75) is 20.0 Å². The Morgan fingerprint density at radius 2 is 2.24 bits per heavy atom. The van der Waals surface area contributed by atoms with Crippen LogP contribution < -0.4 is 10.1 Å². The zero-order chi connectivity index (χ0) is 12.1. The number of nitrogens with zero attached hydrogens (tertiary/aromatic N) is 2. The smallest absolute Gasteiger partial charge is 0.150 e. The molecule has 0 fully saturated rings. The van der Waals surface area contributed by atoms with Crippen molar-refractivity contribution < 1.29 is 9.26 Å². The minimum absolute atomic E-state index is 0.637. The maximum atomic E-state index is 5.19. The summed E-state index contributed by atoms with van der Waals surface area (Å²) in [6, 6.07) is 5.65. The summed E-state index contributed by atoms with van der Waals surface area (Å²) >= 11 is 0. The molecular weight excluding hydrogens is 218 g/mol. The van der Waals surface area contributed by atoms with Gasteiger partial charge in [0.05, 0.1) is 25.5 Å². The van der Waals surface area contributed by atoms with Crippen molar-refractivity contribution in [3.8, 4) is 5.75 Å². The van der Waals surface area contributed by atoms with Gasteiger partial charge in [-0.25, -0.2) is 0 Å². The van der Waals surface area contributed by atoms with E-state index in [-0.39, 0.29) is 0 Å². The van der Waals surface area contributed by atoms with Crippen LogP contribution in [0.15, 0.2) is 28.9 Å². The highest BCUT2D eigenvalue weighted by molar-refractivity contribution is 5.26. The summed E-state index contributed by atoms with van der Waals surface area (Å²) in [6.07, 6.45) is 1.63. The van der Waals surface area contributed by atoms with Crippen LogP contribution >= 0.6 is 0 Å². The fourth-order valence-corrected chi connectivity index (χ4v) is 1.56. The van der Waals surface area contributed by atoms with E-state index in [1.54, 1.807) is 13.3 Å². The van der Waals surface area contributed by atoms with E-state index in [1.165, 1.54) is 0 Å². The standard InChI is InChI=1S/C12H15N3O2/c1-9-5-12(16-2)6-10(15-9)7-13-8-11-3-4-14-17-11/h3-6,13H,7-8H2,1-2H3. The van der Waals surface area contributed by atoms with Crippen LogP contribution in [-0.2, 0) is 13.1 Å². The second kappa shape index (κ2) is 5.45. The lowest BCUT2D eigenvalue weighted by Gasteiger charge is -2.06. The third kappa shape index (κ3) is 3.29. The largest absolute Gasteiger partial charge is 0.497 e. The van der Waals surface area contributed by atoms with Gasteiger partial charge < -0.3 is 14.6 Å². The maximum Gasteiger partial charge on any atom is 0.150 e. The molecule has 0 atom stereocenters. The fraction of sp³-hybridized carbons (Fsp3) is 0.333. The van der Waals surface area contributed by atoms with Gasteiger partial charge in [0, 0.05) is 30.4 Å². The van der Waals surface area contributed by atoms with Gasteiger partial charge in [-0.15, -0.1) is 0 Å². The Labute approximate surface area is 99.8 Å². The van der Waals surface area contributed by atoms with Gasteiger partial charge in [0.1, 0.15) is 11.5 Å². The van der Waals surface area contributed by atoms with Crippen molar-refractivity contribution in [1.29, 1.82) is 0 Å². The molecule has 0 aliphatic heterocycles. The Kier molecular flexibility index (Phi) is 3.72. The van der Waals surface area contributed by atoms with Gasteiger partial charge in [-0.1, -0.05) is 5.16 Å². The first kappa shape index (κ1) is 11.6. The Hall–Kier alpha value is -1.88. The molecule has 0 radical (unpaired) electrons. The van der Waals surface area contributed by atoms with E-state index in [0.29, 0.717) is 13.1 Å². The second-order valence-corrected chi connectivity index (χ2v) is 3.72. The minimum Gasteiger partial charge on any atom is -0.497 e. The summed E-state index contributed by atoms with van der Waals surface area (Å²) in [7, 11) is 1.65. The van der Waals surface area contributed by atoms with Crippen molar-refractivity contribution in [3.63, 3.8) is 0 Å². The predicted molar refractivity (Wildman–Crippen MR) is 62.6 cm³/mol. The van der Waals surface area contributed by atoms with Crippen molar-refractivity contribution in [2.24, 2.45) is 0 Å². The third-order valence-corrected chi connectivity index (χ3v) is 2.31. The van der Waals surface area contributed by atoms with Crippen molar-refractivity contribution in [2.75, 3.05) is 7.11 Å². The quantitative estimate of drug-likeness (QED) is 0.851. The molecule has 2 rings (SSSR count). The first-order chi connectivity index (χ1) is 8.28. The molecule has 0 aliphatic carbocycles. The predicted octanol–water partition coefficient (Wildman–Crippen LogP) is 1.68. The van der Waals surface area contributed by atoms with E-state index in [0.717, 1.165) is 22.9 Å². The molecule has 0 bridgehead atoms. The molecule has 2 aromatic heterocycles. The number of aromatic nitrogens is 2. The SMILES string of the molecule is COc1cc(C)nc(CNCc2ccno2)c1. The first-order valence-corrected chi connectivity index (χ1v) is 5.40. The molecule has 5 heteroatoms. The normalized spacial score (nSPS) is 10.5. The van der Waals surface area contributed by atoms with Gasteiger partial charge in [-0.3, -0.25) is 4.98 Å². The lowest BCUT2D eigenvalue weighted by molar-refractivity contribution is 0.372. The van der Waals surface area contributed by atoms with Crippen LogP contribution in [0.4, 0.5) is 0 Å². The molecule has 1 N–H and O–H groups in total. The molecule has 0 saturated carbocycles. The van der Waals surface area contributed by atoms with E-state index in [2.05, 4.69) is 15.5 Å². The zero-order valence-corrected chi connectivity index (χ0v) is 9.93. The highest BCUT2D eigenvalue weighted by Crippen LogP contribution is 2.13. The van der Waals surface area contributed by atoms with Gasteiger partial charge in [-0.2, -0.15) is 0 Å². The third-order valence-electron chi connectivity index (χ3n) is 2.31. The van der Waals surface area contributed by atoms with Gasteiger partial charge >= 0.3 is 0 Å². The maximum absolute atomic E-state index is 5.19. The van der Waals surface area contributed by atoms with Crippen LogP contribution in [0.2, 0.25) is 0 Å². The summed E-state index contributed by atoms with van der Waals surface area (Å²) in [4.78, 5) is 4.41. The Morgan fingerprint density at radius 1 is 1.35 bits per heavy atom. The second-order valence-electron chi connectivity index (χ2n) is 3.72. The zero-order valence-electron chi connectivity index (χ0n) is 9.93. The number of ether oxygens (including phenoxy) is 1. The lowest BCUT2D eigenvalue weighted by atomic mass is 10.3. The molecule has 0 unspecified atom stereocenters. The molecule has 2 aromatic rings. The molecule has 0 amide bonds. The van der Waals surface area contributed by atoms with Gasteiger partial charge in [-0.05, 0) is 6.92 Å². The number of nitrogens with one attached hydrogen (secondary N) is 1. The van der Waals surface area contributed by atoms with Crippen LogP contribution in [0.1, 0.15) is 17.1 Å². The topological polar surface area (TPSA) is 60.2 Å². The van der Waals surface area contributed by atoms with Crippen LogP contribution in [0.25, 0.3) is 0 Å². The molecular formula is C12H15N3O2. The summed E-state index contributed by atoms with van der Waals surface area (Å²) in [6.45, 7) is 3.25. The summed E-state index contributed by atoms with van der Waals surface area (Å²) < 4.78 is 10.2. The Morgan fingerprint density at radius 3 is 2.94 bits per heavy atom. The highest BCUT2D eigenvalue weighted by Gasteiger charge is 2.01. The fourth-order valence-electron chi connectivity index (χ4n) is 1.56. The molecule has 0 aromatic carbocycles. The average molecular weight is 233 g/mol. The van der Waals surface area contributed by atoms with Gasteiger partial charge in [0.25, 0.3) is 0 Å². The van der Waals surface area contributed by atoms with E-state index in [9.17, 15) is 0 Å². The molecule has 17 heavy (non-hydrogen) atoms. The molecule has 0 saturated heterocycles. The Bertz CT molecular complexity index is 469. The molecule has 2 heterocycles. The van der Waals surface area contributed by atoms with E-state index in [1.807, 2.05) is 25.1 Å². The summed E-state index contributed by atoms with van der Waals surface area (Å²) in [5.41, 5.74) is 1.89. The Balaban J connectivity index is 1.92. The number of hydrogen-bond acceptors (Lipinski definition) is 5. The van der Waals surface area contributed by atoms with Crippen LogP contribution in [0.3, 0.4) is 0 Å². The minimum atomic E-state index is 0.637. The molecule has 90 valence electrons. The number of pyridine rings is 1. The number of hydrogen-bond donors (Lipinski definition) is 1. The monoisotopic (exact) mass is 233 g/mol. The summed E-state index contributed by atoms with van der Waals surface area (Å²) in [5, 5.41) is 6.87. The van der Waals surface area contributed by atoms with E-state index >= 15 is 0 Å². The van der Waals surface area contributed by atoms with Crippen molar-refractivity contribution in [1.82, 2.24) is 15.5 Å². The van der Waals surface area contributed by atoms with E-state index in [4.69, 9.17) is 9.26 Å². The van der Waals surface area contributed by atoms with Crippen LogP contribution in [-0.4, -0.2) is 17.3 Å². The van der Waals surface area contributed by atoms with E-state index < -0.39 is 0 Å². The van der Waals surface area contributed by atoms with Crippen molar-refractivity contribution >= 4 is 0 Å². The summed E-state index contributed by atoms with van der Waals surface area (Å²) in [5.74, 6) is 1.64. The number of rotatable bonds is 5. The van der Waals surface area contributed by atoms with Crippen molar-refractivity contribution in [3.05, 3.63) is 41.5 Å². The average Bonchev–Trinajstić information content (AvgIpc) is 2.81. The van der Waals surface area contributed by atoms with Crippen LogP contribution in [0, 0.1) is 6.92 Å². The molecule has 0 spiro atoms. The first-order valence-electron chi connectivity index (χ1n) is 5.40. The van der Waals surface area contributed by atoms with Crippen LogP contribution in [0.5, 0.6) is 5.75 Å². The van der Waals surface area contributed by atoms with Gasteiger partial charge in [0.15, 0.2) is 0 Å². The highest BCUT2D eigenvalue weighted by atomic mass is 16.5. The number of methoxy groups -OCH3 is 1. The van der Waals surface area contributed by atoms with Gasteiger partial charge in [0.2, 0.25) is 0 Å². The molecule has 5 nitrogen and oxygen atoms in total. The number of aryl methyl sites for hydroxylation is 1. The lowest BCUT2D eigenvalue weighted by Crippen LogP contribution is -2.13.